The summed E-state index contributed by atoms with van der Waals surface area (Å²) in [4.78, 5) is 18.8. The zero-order valence-electron chi connectivity index (χ0n) is 14.5. The number of nitrogens with zero attached hydrogens (tertiary/aromatic N) is 3. The Morgan fingerprint density at radius 2 is 2.20 bits per heavy atom. The quantitative estimate of drug-likeness (QED) is 0.824. The number of likely N-dealkylation sites (tertiary alicyclic amines) is 1. The lowest BCUT2D eigenvalue weighted by Gasteiger charge is -2.32. The lowest BCUT2D eigenvalue weighted by atomic mass is 9.94. The predicted molar refractivity (Wildman–Crippen MR) is 98.5 cm³/mol. The van der Waals surface area contributed by atoms with Crippen LogP contribution in [0.3, 0.4) is 0 Å². The first-order chi connectivity index (χ1) is 11.6. The molecule has 0 spiro atoms. The van der Waals surface area contributed by atoms with Gasteiger partial charge in [-0.15, -0.1) is 12.4 Å². The van der Waals surface area contributed by atoms with Crippen LogP contribution in [-0.4, -0.2) is 34.0 Å². The van der Waals surface area contributed by atoms with Crippen LogP contribution in [0.4, 0.5) is 5.69 Å². The average molecular weight is 365 g/mol. The summed E-state index contributed by atoms with van der Waals surface area (Å²) in [5.74, 6) is 1.94. The van der Waals surface area contributed by atoms with Gasteiger partial charge in [0.25, 0.3) is 0 Å². The minimum Gasteiger partial charge on any atom is -0.399 e. The molecule has 25 heavy (non-hydrogen) atoms. The smallest absolute Gasteiger partial charge is 0.223 e. The summed E-state index contributed by atoms with van der Waals surface area (Å²) in [5.41, 5.74) is 7.75. The Hall–Kier alpha value is -2.08. The summed E-state index contributed by atoms with van der Waals surface area (Å²) < 4.78 is 5.03. The Morgan fingerprint density at radius 3 is 2.92 bits per heavy atom. The van der Waals surface area contributed by atoms with Crippen LogP contribution in [0.1, 0.15) is 36.5 Å². The first-order valence-corrected chi connectivity index (χ1v) is 8.52. The molecule has 1 aromatic heterocycles. The lowest BCUT2D eigenvalue weighted by Crippen LogP contribution is -2.40. The van der Waals surface area contributed by atoms with Gasteiger partial charge in [-0.05, 0) is 36.8 Å². The van der Waals surface area contributed by atoms with E-state index in [1.54, 1.807) is 6.92 Å². The molecule has 1 aliphatic rings. The van der Waals surface area contributed by atoms with E-state index in [-0.39, 0.29) is 18.3 Å². The minimum absolute atomic E-state index is 0. The van der Waals surface area contributed by atoms with Gasteiger partial charge < -0.3 is 15.2 Å². The van der Waals surface area contributed by atoms with Crippen molar-refractivity contribution in [3.05, 3.63) is 41.5 Å². The fraction of sp³-hybridized carbons (Fsp3) is 0.500. The van der Waals surface area contributed by atoms with Crippen LogP contribution in [0.25, 0.3) is 0 Å². The van der Waals surface area contributed by atoms with Crippen LogP contribution in [0.15, 0.2) is 28.8 Å². The van der Waals surface area contributed by atoms with E-state index in [9.17, 15) is 4.79 Å². The summed E-state index contributed by atoms with van der Waals surface area (Å²) >= 11 is 0. The Kier molecular flexibility index (Phi) is 6.82. The second-order valence-corrected chi connectivity index (χ2v) is 6.48. The van der Waals surface area contributed by atoms with Gasteiger partial charge in [-0.2, -0.15) is 4.98 Å². The molecule has 1 saturated heterocycles. The molecule has 1 atom stereocenters. The van der Waals surface area contributed by atoms with E-state index in [2.05, 4.69) is 10.1 Å². The van der Waals surface area contributed by atoms with Crippen LogP contribution in [-0.2, 0) is 17.6 Å². The zero-order chi connectivity index (χ0) is 16.9. The van der Waals surface area contributed by atoms with Gasteiger partial charge in [0.1, 0.15) is 0 Å². The molecule has 136 valence electrons. The van der Waals surface area contributed by atoms with Crippen LogP contribution in [0.5, 0.6) is 0 Å². The first-order valence-electron chi connectivity index (χ1n) is 8.52. The highest BCUT2D eigenvalue weighted by Gasteiger charge is 2.24. The molecule has 1 amide bonds. The molecule has 3 rings (SSSR count). The fourth-order valence-corrected chi connectivity index (χ4v) is 3.30. The maximum absolute atomic E-state index is 12.5. The molecule has 0 bridgehead atoms. The molecule has 0 aliphatic carbocycles. The third kappa shape index (κ3) is 5.19. The lowest BCUT2D eigenvalue weighted by molar-refractivity contribution is -0.133. The second-order valence-electron chi connectivity index (χ2n) is 6.48. The van der Waals surface area contributed by atoms with Crippen molar-refractivity contribution in [2.45, 2.75) is 39.0 Å². The van der Waals surface area contributed by atoms with Crippen LogP contribution >= 0.6 is 12.4 Å². The molecule has 7 heteroatoms. The number of nitrogens with two attached hydrogens (primary N) is 1. The maximum Gasteiger partial charge on any atom is 0.223 e. The van der Waals surface area contributed by atoms with Crippen LogP contribution in [0, 0.1) is 12.8 Å². The minimum atomic E-state index is 0. The number of benzene rings is 1. The molecule has 2 heterocycles. The number of hydrogen-bond acceptors (Lipinski definition) is 5. The molecule has 2 aromatic rings. The number of anilines is 1. The number of aryl methyl sites for hydroxylation is 2. The van der Waals surface area contributed by atoms with Gasteiger partial charge in [-0.25, -0.2) is 0 Å². The molecule has 0 radical (unpaired) electrons. The summed E-state index contributed by atoms with van der Waals surface area (Å²) in [6, 6.07) is 7.74. The Morgan fingerprint density at radius 1 is 1.40 bits per heavy atom. The molecule has 1 unspecified atom stereocenters. The van der Waals surface area contributed by atoms with E-state index in [4.69, 9.17) is 10.3 Å². The number of halogens is 1. The van der Waals surface area contributed by atoms with Crippen molar-refractivity contribution in [3.63, 3.8) is 0 Å². The van der Waals surface area contributed by atoms with Crippen molar-refractivity contribution >= 4 is 24.0 Å². The topological polar surface area (TPSA) is 85.2 Å². The van der Waals surface area contributed by atoms with E-state index < -0.39 is 0 Å². The predicted octanol–water partition coefficient (Wildman–Crippen LogP) is 2.80. The van der Waals surface area contributed by atoms with Gasteiger partial charge in [0.2, 0.25) is 11.8 Å². The molecule has 1 aromatic carbocycles. The highest BCUT2D eigenvalue weighted by molar-refractivity contribution is 5.85. The number of nitrogen functional groups attached to an aromatic ring is 1. The molecule has 6 nitrogen and oxygen atoms in total. The molecule has 0 saturated carbocycles. The fourth-order valence-electron chi connectivity index (χ4n) is 3.30. The molecular formula is C18H25ClN4O2. The number of amides is 1. The number of aromatic nitrogens is 2. The number of piperidine rings is 1. The number of hydrogen-bond donors (Lipinski definition) is 1. The molecular weight excluding hydrogens is 340 g/mol. The van der Waals surface area contributed by atoms with Crippen LogP contribution < -0.4 is 5.73 Å². The van der Waals surface area contributed by atoms with Crippen LogP contribution in [0.2, 0.25) is 0 Å². The standard InChI is InChI=1S/C18H24N4O2.ClH/c1-13-20-17(21-24-13)11-14-5-4-10-22(12-14)18(23)9-8-15-6-2-3-7-16(15)19;/h2-3,6-7,14H,4-5,8-12,19H2,1H3;1H. The number of carbonyl (C=O) groups excluding carboxylic acids is 1. The number of para-hydroxylation sites is 1. The van der Waals surface area contributed by atoms with Gasteiger partial charge in [0, 0.05) is 38.5 Å². The summed E-state index contributed by atoms with van der Waals surface area (Å²) in [7, 11) is 0. The zero-order valence-corrected chi connectivity index (χ0v) is 15.3. The molecule has 1 fully saturated rings. The SMILES string of the molecule is Cc1nc(CC2CCCN(C(=O)CCc3ccccc3N)C2)no1.Cl. The van der Waals surface area contributed by atoms with E-state index in [1.165, 1.54) is 0 Å². The number of carbonyl (C=O) groups is 1. The first kappa shape index (κ1) is 19.2. The summed E-state index contributed by atoms with van der Waals surface area (Å²) in [6.07, 6.45) is 4.09. The third-order valence-electron chi connectivity index (χ3n) is 4.58. The van der Waals surface area contributed by atoms with Gasteiger partial charge >= 0.3 is 0 Å². The van der Waals surface area contributed by atoms with Crippen molar-refractivity contribution in [2.75, 3.05) is 18.8 Å². The average Bonchev–Trinajstić information content (AvgIpc) is 2.99. The van der Waals surface area contributed by atoms with E-state index in [0.29, 0.717) is 24.7 Å². The van der Waals surface area contributed by atoms with E-state index in [0.717, 1.165) is 49.4 Å². The van der Waals surface area contributed by atoms with Crippen molar-refractivity contribution in [2.24, 2.45) is 5.92 Å². The largest absolute Gasteiger partial charge is 0.399 e. The Balaban J connectivity index is 0.00000225. The van der Waals surface area contributed by atoms with Gasteiger partial charge in [0.05, 0.1) is 0 Å². The summed E-state index contributed by atoms with van der Waals surface area (Å²) in [6.45, 7) is 3.41. The van der Waals surface area contributed by atoms with Crippen molar-refractivity contribution in [3.8, 4) is 0 Å². The van der Waals surface area contributed by atoms with Crippen molar-refractivity contribution in [1.82, 2.24) is 15.0 Å². The highest BCUT2D eigenvalue weighted by Crippen LogP contribution is 2.21. The number of rotatable bonds is 5. The van der Waals surface area contributed by atoms with E-state index in [1.807, 2.05) is 29.2 Å². The Bertz CT molecular complexity index is 704. The van der Waals surface area contributed by atoms with Crippen molar-refractivity contribution in [1.29, 1.82) is 0 Å². The monoisotopic (exact) mass is 364 g/mol. The normalized spacial score (nSPS) is 17.2. The van der Waals surface area contributed by atoms with Crippen molar-refractivity contribution < 1.29 is 9.32 Å². The maximum atomic E-state index is 12.5. The highest BCUT2D eigenvalue weighted by atomic mass is 35.5. The van der Waals surface area contributed by atoms with Gasteiger partial charge in [-0.3, -0.25) is 4.79 Å². The molecule has 2 N–H and O–H groups in total. The summed E-state index contributed by atoms with van der Waals surface area (Å²) in [5, 5.41) is 3.96. The molecule has 1 aliphatic heterocycles. The Labute approximate surface area is 154 Å². The van der Waals surface area contributed by atoms with Gasteiger partial charge in [-0.1, -0.05) is 23.4 Å². The van der Waals surface area contributed by atoms with Gasteiger partial charge in [0.15, 0.2) is 5.82 Å². The van der Waals surface area contributed by atoms with E-state index >= 15 is 0 Å². The third-order valence-corrected chi connectivity index (χ3v) is 4.58. The second kappa shape index (κ2) is 8.85.